The largest absolute Gasteiger partial charge is 0.459 e. The second kappa shape index (κ2) is 4.55. The van der Waals surface area contributed by atoms with E-state index in [4.69, 9.17) is 14.9 Å². The summed E-state index contributed by atoms with van der Waals surface area (Å²) in [5.41, 5.74) is 5.40. The highest BCUT2D eigenvalue weighted by molar-refractivity contribution is 5.64. The van der Waals surface area contributed by atoms with Crippen LogP contribution >= 0.6 is 0 Å². The minimum absolute atomic E-state index is 0.119. The maximum absolute atomic E-state index is 13.5. The summed E-state index contributed by atoms with van der Waals surface area (Å²) in [4.78, 5) is 0. The molecule has 90 valence electrons. The number of benzene rings is 1. The first kappa shape index (κ1) is 11.6. The van der Waals surface area contributed by atoms with E-state index in [9.17, 15) is 8.78 Å². The van der Waals surface area contributed by atoms with Crippen molar-refractivity contribution < 1.29 is 17.9 Å². The summed E-state index contributed by atoms with van der Waals surface area (Å²) in [6, 6.07) is 5.20. The molecule has 0 unspecified atom stereocenters. The van der Waals surface area contributed by atoms with E-state index in [0.717, 1.165) is 6.07 Å². The Kier molecular flexibility index (Phi) is 3.10. The monoisotopic (exact) mass is 239 g/mol. The zero-order chi connectivity index (χ0) is 12.4. The van der Waals surface area contributed by atoms with Crippen molar-refractivity contribution in [3.05, 3.63) is 41.7 Å². The van der Waals surface area contributed by atoms with Crippen molar-refractivity contribution in [2.75, 3.05) is 12.8 Å². The molecular weight excluding hydrogens is 228 g/mol. The average molecular weight is 239 g/mol. The highest BCUT2D eigenvalue weighted by Gasteiger charge is 2.13. The molecule has 0 saturated carbocycles. The maximum Gasteiger partial charge on any atom is 0.149 e. The fraction of sp³-hybridized carbons (Fsp3) is 0.167. The van der Waals surface area contributed by atoms with Crippen LogP contribution < -0.4 is 5.73 Å². The van der Waals surface area contributed by atoms with Crippen LogP contribution in [0.25, 0.3) is 11.3 Å². The molecule has 1 heterocycles. The Balaban J connectivity index is 2.41. The van der Waals surface area contributed by atoms with Gasteiger partial charge in [-0.1, -0.05) is 0 Å². The molecule has 0 atom stereocenters. The maximum atomic E-state index is 13.5. The first-order valence-corrected chi connectivity index (χ1v) is 4.94. The van der Waals surface area contributed by atoms with Gasteiger partial charge in [-0.3, -0.25) is 0 Å². The Morgan fingerprint density at radius 2 is 2.00 bits per heavy atom. The molecule has 3 nitrogen and oxygen atoms in total. The molecule has 0 fully saturated rings. The van der Waals surface area contributed by atoms with Crippen molar-refractivity contribution in [3.63, 3.8) is 0 Å². The number of methoxy groups -OCH3 is 1. The highest BCUT2D eigenvalue weighted by Crippen LogP contribution is 2.28. The summed E-state index contributed by atoms with van der Waals surface area (Å²) in [5, 5.41) is 0. The van der Waals surface area contributed by atoms with Gasteiger partial charge in [-0.15, -0.1) is 0 Å². The number of nitrogen functional groups attached to an aromatic ring is 1. The van der Waals surface area contributed by atoms with Crippen LogP contribution in [-0.4, -0.2) is 7.11 Å². The molecule has 5 heteroatoms. The zero-order valence-corrected chi connectivity index (χ0v) is 9.17. The Bertz CT molecular complexity index is 537. The van der Waals surface area contributed by atoms with Gasteiger partial charge in [0.25, 0.3) is 0 Å². The lowest BCUT2D eigenvalue weighted by Gasteiger charge is -2.02. The number of rotatable bonds is 3. The fourth-order valence-electron chi connectivity index (χ4n) is 1.50. The number of nitrogens with two attached hydrogens (primary N) is 1. The molecule has 0 spiro atoms. The Morgan fingerprint density at radius 1 is 1.24 bits per heavy atom. The molecule has 17 heavy (non-hydrogen) atoms. The van der Waals surface area contributed by atoms with Crippen molar-refractivity contribution in [1.29, 1.82) is 0 Å². The van der Waals surface area contributed by atoms with E-state index in [1.807, 2.05) is 0 Å². The highest BCUT2D eigenvalue weighted by atomic mass is 19.1. The van der Waals surface area contributed by atoms with E-state index in [1.54, 1.807) is 12.1 Å². The number of hydrogen-bond acceptors (Lipinski definition) is 3. The molecule has 0 radical (unpaired) electrons. The quantitative estimate of drug-likeness (QED) is 0.837. The summed E-state index contributed by atoms with van der Waals surface area (Å²) in [5.74, 6) is -0.643. The number of furan rings is 1. The van der Waals surface area contributed by atoms with Crippen molar-refractivity contribution in [2.24, 2.45) is 0 Å². The molecule has 2 rings (SSSR count). The second-order valence-corrected chi connectivity index (χ2v) is 3.55. The SMILES string of the molecule is COCc1ccc(-c2cc(N)c(F)cc2F)o1. The Morgan fingerprint density at radius 3 is 2.71 bits per heavy atom. The molecule has 2 aromatic rings. The first-order valence-electron chi connectivity index (χ1n) is 4.94. The van der Waals surface area contributed by atoms with E-state index in [-0.39, 0.29) is 17.9 Å². The van der Waals surface area contributed by atoms with Crippen LogP contribution in [0.3, 0.4) is 0 Å². The second-order valence-electron chi connectivity index (χ2n) is 3.55. The fourth-order valence-corrected chi connectivity index (χ4v) is 1.50. The van der Waals surface area contributed by atoms with Gasteiger partial charge in [-0.2, -0.15) is 0 Å². The molecule has 0 aliphatic rings. The van der Waals surface area contributed by atoms with Gasteiger partial charge < -0.3 is 14.9 Å². The van der Waals surface area contributed by atoms with E-state index in [0.29, 0.717) is 11.5 Å². The van der Waals surface area contributed by atoms with Gasteiger partial charge in [-0.05, 0) is 18.2 Å². The van der Waals surface area contributed by atoms with Crippen LogP contribution in [0.4, 0.5) is 14.5 Å². The third-order valence-electron chi connectivity index (χ3n) is 2.30. The van der Waals surface area contributed by atoms with Gasteiger partial charge in [0.05, 0.1) is 11.3 Å². The molecule has 0 aliphatic heterocycles. The Hall–Kier alpha value is -1.88. The number of hydrogen-bond donors (Lipinski definition) is 1. The molecule has 0 aliphatic carbocycles. The van der Waals surface area contributed by atoms with Crippen molar-refractivity contribution in [1.82, 2.24) is 0 Å². The van der Waals surface area contributed by atoms with E-state index >= 15 is 0 Å². The normalized spacial score (nSPS) is 10.8. The van der Waals surface area contributed by atoms with Crippen molar-refractivity contribution >= 4 is 5.69 Å². The van der Waals surface area contributed by atoms with E-state index < -0.39 is 11.6 Å². The van der Waals surface area contributed by atoms with Crippen LogP contribution in [0.1, 0.15) is 5.76 Å². The third-order valence-corrected chi connectivity index (χ3v) is 2.30. The summed E-state index contributed by atoms with van der Waals surface area (Å²) < 4.78 is 36.7. The summed E-state index contributed by atoms with van der Waals surface area (Å²) >= 11 is 0. The van der Waals surface area contributed by atoms with Gasteiger partial charge in [0.15, 0.2) is 0 Å². The predicted octanol–water partition coefficient (Wildman–Crippen LogP) is 2.95. The average Bonchev–Trinajstić information content (AvgIpc) is 2.72. The number of anilines is 1. The van der Waals surface area contributed by atoms with Crippen molar-refractivity contribution in [2.45, 2.75) is 6.61 Å². The standard InChI is InChI=1S/C12H11F2NO2/c1-16-6-7-2-3-12(17-7)8-4-11(15)10(14)5-9(8)13/h2-5H,6,15H2,1H3. The summed E-state index contributed by atoms with van der Waals surface area (Å²) in [6.07, 6.45) is 0. The van der Waals surface area contributed by atoms with E-state index in [2.05, 4.69) is 0 Å². The molecule has 0 saturated heterocycles. The molecule has 0 amide bonds. The van der Waals surface area contributed by atoms with Gasteiger partial charge in [0.2, 0.25) is 0 Å². The Labute approximate surface area is 96.8 Å². The van der Waals surface area contributed by atoms with Crippen LogP contribution in [0.15, 0.2) is 28.7 Å². The summed E-state index contributed by atoms with van der Waals surface area (Å²) in [6.45, 7) is 0.290. The van der Waals surface area contributed by atoms with Crippen LogP contribution in [0, 0.1) is 11.6 Å². The molecular formula is C12H11F2NO2. The smallest absolute Gasteiger partial charge is 0.149 e. The van der Waals surface area contributed by atoms with Gasteiger partial charge >= 0.3 is 0 Å². The lowest BCUT2D eigenvalue weighted by molar-refractivity contribution is 0.165. The van der Waals surface area contributed by atoms with Crippen LogP contribution in [0.2, 0.25) is 0 Å². The van der Waals surface area contributed by atoms with Crippen molar-refractivity contribution in [3.8, 4) is 11.3 Å². The van der Waals surface area contributed by atoms with Gasteiger partial charge in [-0.25, -0.2) is 8.78 Å². The molecule has 0 bridgehead atoms. The number of halogens is 2. The lowest BCUT2D eigenvalue weighted by Crippen LogP contribution is -1.94. The summed E-state index contributed by atoms with van der Waals surface area (Å²) in [7, 11) is 1.53. The molecule has 2 N–H and O–H groups in total. The molecule has 1 aromatic carbocycles. The van der Waals surface area contributed by atoms with Crippen LogP contribution in [-0.2, 0) is 11.3 Å². The first-order chi connectivity index (χ1) is 8.11. The predicted molar refractivity (Wildman–Crippen MR) is 59.2 cm³/mol. The molecule has 1 aromatic heterocycles. The lowest BCUT2D eigenvalue weighted by atomic mass is 10.1. The van der Waals surface area contributed by atoms with Crippen LogP contribution in [0.5, 0.6) is 0 Å². The van der Waals surface area contributed by atoms with Gasteiger partial charge in [0, 0.05) is 13.2 Å². The third kappa shape index (κ3) is 2.29. The van der Waals surface area contributed by atoms with Gasteiger partial charge in [0.1, 0.15) is 29.8 Å². The zero-order valence-electron chi connectivity index (χ0n) is 9.17. The minimum Gasteiger partial charge on any atom is -0.459 e. The number of ether oxygens (including phenoxy) is 1. The van der Waals surface area contributed by atoms with E-state index in [1.165, 1.54) is 13.2 Å². The topological polar surface area (TPSA) is 48.4 Å². The minimum atomic E-state index is -0.782.